The lowest BCUT2D eigenvalue weighted by atomic mass is 10.0. The van der Waals surface area contributed by atoms with Crippen LogP contribution in [0.5, 0.6) is 0 Å². The van der Waals surface area contributed by atoms with Crippen molar-refractivity contribution in [2.45, 2.75) is 38.5 Å². The van der Waals surface area contributed by atoms with Crippen LogP contribution in [0, 0.1) is 20.2 Å². The Bertz CT molecular complexity index is 127. The molecule has 0 spiro atoms. The van der Waals surface area contributed by atoms with Crippen molar-refractivity contribution < 1.29 is 20.6 Å². The second-order valence-corrected chi connectivity index (χ2v) is 2.60. The van der Waals surface area contributed by atoms with Gasteiger partial charge in [0.25, 0.3) is 10.2 Å². The maximum absolute atomic E-state index is 8.36. The van der Waals surface area contributed by atoms with Gasteiger partial charge in [0.2, 0.25) is 0 Å². The van der Waals surface area contributed by atoms with E-state index in [2.05, 4.69) is 0 Å². The summed E-state index contributed by atoms with van der Waals surface area (Å²) in [7, 11) is 0. The third kappa shape index (κ3) is 47.5. The van der Waals surface area contributed by atoms with Crippen LogP contribution in [0.3, 0.4) is 0 Å². The molecule has 2 N–H and O–H groups in total. The maximum Gasteiger partial charge on any atom is 0.291 e. The zero-order chi connectivity index (χ0) is 11.4. The minimum Gasteiger partial charge on any atom is -0.328 e. The molecule has 0 aliphatic heterocycles. The molecule has 0 saturated heterocycles. The summed E-state index contributed by atoms with van der Waals surface area (Å²) in [4.78, 5) is 16.7. The van der Waals surface area contributed by atoms with E-state index in [1.807, 2.05) is 0 Å². The van der Waals surface area contributed by atoms with E-state index in [9.17, 15) is 0 Å². The fourth-order valence-corrected chi connectivity index (χ4v) is 1.06. The molecular weight excluding hydrogens is 196 g/mol. The lowest BCUT2D eigenvalue weighted by molar-refractivity contribution is -0.742. The third-order valence-corrected chi connectivity index (χ3v) is 1.50. The molecule has 84 valence electrons. The van der Waals surface area contributed by atoms with E-state index in [0.717, 1.165) is 0 Å². The van der Waals surface area contributed by atoms with E-state index in [-0.39, 0.29) is 0 Å². The second kappa shape index (κ2) is 11.4. The first kappa shape index (κ1) is 14.9. The molecule has 0 aromatic heterocycles. The van der Waals surface area contributed by atoms with Crippen LogP contribution in [-0.4, -0.2) is 20.6 Å². The number of hydrogen-bond acceptors (Lipinski definition) is 4. The number of hydrogen-bond donors (Lipinski definition) is 2. The van der Waals surface area contributed by atoms with Crippen LogP contribution in [0.25, 0.3) is 0 Å². The average Bonchev–Trinajstić information content (AvgIpc) is 2.05. The molecule has 0 aromatic carbocycles. The van der Waals surface area contributed by atoms with Gasteiger partial charge in [-0.3, -0.25) is 0 Å². The van der Waals surface area contributed by atoms with Crippen LogP contribution in [0.4, 0.5) is 0 Å². The van der Waals surface area contributed by atoms with Gasteiger partial charge in [-0.1, -0.05) is 38.5 Å². The second-order valence-electron chi connectivity index (χ2n) is 2.60. The Labute approximate surface area is 80.4 Å². The molecule has 0 amide bonds. The Morgan fingerprint density at radius 1 is 0.714 bits per heavy atom. The highest BCUT2D eigenvalue weighted by Gasteiger charge is 1.95. The lowest BCUT2D eigenvalue weighted by Gasteiger charge is -2.05. The van der Waals surface area contributed by atoms with Crippen molar-refractivity contribution in [3.63, 3.8) is 0 Å². The van der Waals surface area contributed by atoms with Gasteiger partial charge in [0.05, 0.1) is 0 Å². The molecule has 1 aliphatic carbocycles. The SMILES string of the molecule is C1CCCCC1.O=[N+]([O-])O.O=[N+]([O-])O. The minimum absolute atomic E-state index is 1.50. The minimum atomic E-state index is -1.50. The molecule has 14 heavy (non-hydrogen) atoms. The van der Waals surface area contributed by atoms with Crippen molar-refractivity contribution in [2.75, 3.05) is 0 Å². The molecule has 0 unspecified atom stereocenters. The van der Waals surface area contributed by atoms with Gasteiger partial charge in [-0.05, 0) is 0 Å². The van der Waals surface area contributed by atoms with Gasteiger partial charge in [0, 0.05) is 0 Å². The van der Waals surface area contributed by atoms with E-state index >= 15 is 0 Å². The Hall–Kier alpha value is -1.60. The highest BCUT2D eigenvalue weighted by Crippen LogP contribution is 2.15. The first-order valence-electron chi connectivity index (χ1n) is 4.13. The van der Waals surface area contributed by atoms with Gasteiger partial charge in [-0.25, -0.2) is 0 Å². The van der Waals surface area contributed by atoms with Gasteiger partial charge in [-0.2, -0.15) is 0 Å². The van der Waals surface area contributed by atoms with Crippen molar-refractivity contribution in [3.8, 4) is 0 Å². The summed E-state index contributed by atoms with van der Waals surface area (Å²) >= 11 is 0. The summed E-state index contributed by atoms with van der Waals surface area (Å²) in [6.45, 7) is 0. The molecule has 8 nitrogen and oxygen atoms in total. The fraction of sp³-hybridized carbons (Fsp3) is 1.00. The van der Waals surface area contributed by atoms with Crippen molar-refractivity contribution in [2.24, 2.45) is 0 Å². The highest BCUT2D eigenvalue weighted by molar-refractivity contribution is 4.51. The summed E-state index contributed by atoms with van der Waals surface area (Å²) in [6.07, 6.45) is 9.00. The predicted octanol–water partition coefficient (Wildman–Crippen LogP) is 1.65. The number of nitrogens with zero attached hydrogens (tertiary/aromatic N) is 2. The summed E-state index contributed by atoms with van der Waals surface area (Å²) in [5, 5.41) is 27.3. The predicted molar refractivity (Wildman–Crippen MR) is 45.3 cm³/mol. The Kier molecular flexibility index (Phi) is 12.1. The van der Waals surface area contributed by atoms with E-state index in [1.54, 1.807) is 0 Å². The third-order valence-electron chi connectivity index (χ3n) is 1.50. The molecule has 1 saturated carbocycles. The number of rotatable bonds is 0. The topological polar surface area (TPSA) is 127 Å². The van der Waals surface area contributed by atoms with Gasteiger partial charge < -0.3 is 10.4 Å². The normalized spacial score (nSPS) is 13.7. The van der Waals surface area contributed by atoms with E-state index in [1.165, 1.54) is 38.5 Å². The molecule has 0 aromatic rings. The molecule has 0 bridgehead atoms. The molecule has 8 heteroatoms. The van der Waals surface area contributed by atoms with E-state index < -0.39 is 10.2 Å². The van der Waals surface area contributed by atoms with Crippen molar-refractivity contribution in [1.29, 1.82) is 0 Å². The lowest BCUT2D eigenvalue weighted by Crippen LogP contribution is -1.85. The molecule has 0 radical (unpaired) electrons. The fourth-order valence-electron chi connectivity index (χ4n) is 1.06. The summed E-state index contributed by atoms with van der Waals surface area (Å²) in [5.74, 6) is 0. The molecule has 1 fully saturated rings. The van der Waals surface area contributed by atoms with Crippen LogP contribution in [0.2, 0.25) is 0 Å². The van der Waals surface area contributed by atoms with Gasteiger partial charge in [-0.15, -0.1) is 20.2 Å². The van der Waals surface area contributed by atoms with E-state index in [4.69, 9.17) is 30.6 Å². The van der Waals surface area contributed by atoms with Crippen molar-refractivity contribution in [1.82, 2.24) is 0 Å². The zero-order valence-electron chi connectivity index (χ0n) is 7.66. The van der Waals surface area contributed by atoms with Crippen LogP contribution in [0.15, 0.2) is 0 Å². The maximum atomic E-state index is 8.36. The van der Waals surface area contributed by atoms with E-state index in [0.29, 0.717) is 0 Å². The van der Waals surface area contributed by atoms with Gasteiger partial charge >= 0.3 is 0 Å². The monoisotopic (exact) mass is 210 g/mol. The van der Waals surface area contributed by atoms with Gasteiger partial charge in [0.1, 0.15) is 0 Å². The summed E-state index contributed by atoms with van der Waals surface area (Å²) in [6, 6.07) is 0. The largest absolute Gasteiger partial charge is 0.328 e. The smallest absolute Gasteiger partial charge is 0.291 e. The quantitative estimate of drug-likeness (QED) is 0.462. The highest BCUT2D eigenvalue weighted by atomic mass is 16.9. The van der Waals surface area contributed by atoms with Crippen LogP contribution < -0.4 is 0 Å². The summed E-state index contributed by atoms with van der Waals surface area (Å²) in [5.41, 5.74) is 0. The molecule has 0 atom stereocenters. The Morgan fingerprint density at radius 2 is 0.786 bits per heavy atom. The van der Waals surface area contributed by atoms with Crippen LogP contribution in [-0.2, 0) is 0 Å². The Balaban J connectivity index is 0. The van der Waals surface area contributed by atoms with Gasteiger partial charge in [0.15, 0.2) is 0 Å². The average molecular weight is 210 g/mol. The zero-order valence-corrected chi connectivity index (χ0v) is 7.66. The van der Waals surface area contributed by atoms with Crippen LogP contribution >= 0.6 is 0 Å². The standard InChI is InChI=1S/C6H12.2HNO3/c1-2-4-6-5-3-1;2*2-1(3)4/h1-6H2;2*(H,2,3,4). The first-order valence-corrected chi connectivity index (χ1v) is 4.13. The Morgan fingerprint density at radius 3 is 0.857 bits per heavy atom. The molecular formula is C6H14N2O6. The van der Waals surface area contributed by atoms with Crippen molar-refractivity contribution >= 4 is 0 Å². The first-order chi connectivity index (χ1) is 6.46. The molecule has 1 aliphatic rings. The van der Waals surface area contributed by atoms with Crippen LogP contribution in [0.1, 0.15) is 38.5 Å². The molecule has 0 heterocycles. The van der Waals surface area contributed by atoms with Crippen molar-refractivity contribution in [3.05, 3.63) is 20.2 Å². The summed E-state index contributed by atoms with van der Waals surface area (Å²) < 4.78 is 0. The molecule has 1 rings (SSSR count).